The van der Waals surface area contributed by atoms with E-state index in [1.54, 1.807) is 0 Å². The molecule has 0 spiro atoms. The summed E-state index contributed by atoms with van der Waals surface area (Å²) in [6.45, 7) is 2.10. The van der Waals surface area contributed by atoms with Gasteiger partial charge in [-0.25, -0.2) is 13.1 Å². The summed E-state index contributed by atoms with van der Waals surface area (Å²) >= 11 is 0. The minimum absolute atomic E-state index is 0.0197. The number of hydrogen-bond acceptors (Lipinski definition) is 6. The van der Waals surface area contributed by atoms with Crippen LogP contribution in [-0.4, -0.2) is 52.0 Å². The molecule has 1 heterocycles. The van der Waals surface area contributed by atoms with E-state index in [4.69, 9.17) is 0 Å². The molecule has 9 heteroatoms. The lowest BCUT2D eigenvalue weighted by molar-refractivity contribution is -0.384. The second-order valence-electron chi connectivity index (χ2n) is 7.35. The molecule has 8 nitrogen and oxygen atoms in total. The number of sulfonamides is 1. The third-order valence-electron chi connectivity index (χ3n) is 5.20. The predicted molar refractivity (Wildman–Crippen MR) is 113 cm³/mol. The van der Waals surface area contributed by atoms with Gasteiger partial charge < -0.3 is 4.90 Å². The molecular formula is C20H26N4O4S. The molecule has 2 aromatic carbocycles. The van der Waals surface area contributed by atoms with Gasteiger partial charge in [0, 0.05) is 44.5 Å². The number of non-ortho nitro benzene ring substituents is 1. The number of nitrogens with zero attached hydrogens (tertiary/aromatic N) is 3. The first-order valence-corrected chi connectivity index (χ1v) is 11.0. The summed E-state index contributed by atoms with van der Waals surface area (Å²) in [7, 11) is 0.190. The summed E-state index contributed by atoms with van der Waals surface area (Å²) in [4.78, 5) is 14.6. The smallest absolute Gasteiger partial charge is 0.269 e. The SMILES string of the molecule is CN(C)c1ccc([C@H](CNS(=O)(=O)c2ccc([N+](=O)[O-])cc2)N2CCCC2)cc1. The van der Waals surface area contributed by atoms with Gasteiger partial charge in [-0.15, -0.1) is 0 Å². The lowest BCUT2D eigenvalue weighted by Gasteiger charge is -2.28. The third kappa shape index (κ3) is 5.11. The maximum absolute atomic E-state index is 12.7. The molecule has 1 atom stereocenters. The van der Waals surface area contributed by atoms with Crippen molar-refractivity contribution < 1.29 is 13.3 Å². The molecule has 1 saturated heterocycles. The van der Waals surface area contributed by atoms with Crippen molar-refractivity contribution in [2.75, 3.05) is 38.6 Å². The van der Waals surface area contributed by atoms with E-state index in [0.29, 0.717) is 0 Å². The van der Waals surface area contributed by atoms with E-state index in [0.717, 1.165) is 37.2 Å². The first-order valence-electron chi connectivity index (χ1n) is 9.53. The van der Waals surface area contributed by atoms with Crippen LogP contribution in [0.2, 0.25) is 0 Å². The zero-order chi connectivity index (χ0) is 21.0. The summed E-state index contributed by atoms with van der Waals surface area (Å²) in [5, 5.41) is 10.8. The van der Waals surface area contributed by atoms with Gasteiger partial charge in [0.1, 0.15) is 0 Å². The van der Waals surface area contributed by atoms with E-state index >= 15 is 0 Å². The quantitative estimate of drug-likeness (QED) is 0.523. The number of anilines is 1. The van der Waals surface area contributed by atoms with Crippen LogP contribution in [0.1, 0.15) is 24.4 Å². The fourth-order valence-corrected chi connectivity index (χ4v) is 4.56. The molecule has 0 aromatic heterocycles. The minimum atomic E-state index is -3.76. The van der Waals surface area contributed by atoms with Gasteiger partial charge in [0.25, 0.3) is 5.69 Å². The van der Waals surface area contributed by atoms with Gasteiger partial charge >= 0.3 is 0 Å². The van der Waals surface area contributed by atoms with Crippen molar-refractivity contribution in [2.45, 2.75) is 23.8 Å². The Labute approximate surface area is 171 Å². The normalized spacial score (nSPS) is 15.9. The monoisotopic (exact) mass is 418 g/mol. The Morgan fingerprint density at radius 1 is 1.07 bits per heavy atom. The van der Waals surface area contributed by atoms with Gasteiger partial charge in [-0.05, 0) is 55.8 Å². The molecule has 1 aliphatic rings. The summed E-state index contributed by atoms with van der Waals surface area (Å²) in [6, 6.07) is 13.0. The number of nitro benzene ring substituents is 1. The average molecular weight is 419 g/mol. The summed E-state index contributed by atoms with van der Waals surface area (Å²) in [5.41, 5.74) is 2.00. The van der Waals surface area contributed by atoms with Gasteiger partial charge in [0.15, 0.2) is 0 Å². The second-order valence-corrected chi connectivity index (χ2v) is 9.11. The maximum atomic E-state index is 12.7. The van der Waals surface area contributed by atoms with Crippen LogP contribution in [0.4, 0.5) is 11.4 Å². The third-order valence-corrected chi connectivity index (χ3v) is 6.64. The Morgan fingerprint density at radius 2 is 1.66 bits per heavy atom. The molecule has 1 fully saturated rings. The summed E-state index contributed by atoms with van der Waals surface area (Å²) < 4.78 is 28.1. The van der Waals surface area contributed by atoms with Crippen LogP contribution in [0.25, 0.3) is 0 Å². The molecule has 0 aliphatic carbocycles. The van der Waals surface area contributed by atoms with Crippen molar-refractivity contribution in [2.24, 2.45) is 0 Å². The van der Waals surface area contributed by atoms with Crippen molar-refractivity contribution in [1.29, 1.82) is 0 Å². The fourth-order valence-electron chi connectivity index (χ4n) is 3.52. The number of nitrogens with one attached hydrogen (secondary N) is 1. The van der Waals surface area contributed by atoms with E-state index in [1.807, 2.05) is 43.3 Å². The maximum Gasteiger partial charge on any atom is 0.269 e. The zero-order valence-corrected chi connectivity index (χ0v) is 17.4. The first-order chi connectivity index (χ1) is 13.8. The lowest BCUT2D eigenvalue weighted by Crippen LogP contribution is -2.36. The highest BCUT2D eigenvalue weighted by atomic mass is 32.2. The number of likely N-dealkylation sites (tertiary alicyclic amines) is 1. The predicted octanol–water partition coefficient (Wildman–Crippen LogP) is 2.78. The second kappa shape index (κ2) is 8.89. The first kappa shape index (κ1) is 21.2. The van der Waals surface area contributed by atoms with E-state index in [2.05, 4.69) is 9.62 Å². The number of nitro groups is 1. The van der Waals surface area contributed by atoms with Crippen molar-refractivity contribution >= 4 is 21.4 Å². The Hall–Kier alpha value is -2.49. The highest BCUT2D eigenvalue weighted by Crippen LogP contribution is 2.27. The molecule has 2 aromatic rings. The van der Waals surface area contributed by atoms with Gasteiger partial charge in [-0.1, -0.05) is 12.1 Å². The Bertz CT molecular complexity index is 937. The van der Waals surface area contributed by atoms with Crippen LogP contribution < -0.4 is 9.62 Å². The molecule has 1 N–H and O–H groups in total. The minimum Gasteiger partial charge on any atom is -0.378 e. The van der Waals surface area contributed by atoms with Crippen LogP contribution in [0.3, 0.4) is 0 Å². The average Bonchev–Trinajstić information content (AvgIpc) is 3.23. The van der Waals surface area contributed by atoms with Gasteiger partial charge in [0.2, 0.25) is 10.0 Å². The van der Waals surface area contributed by atoms with E-state index < -0.39 is 14.9 Å². The molecule has 0 saturated carbocycles. The van der Waals surface area contributed by atoms with Crippen molar-refractivity contribution in [1.82, 2.24) is 9.62 Å². The number of rotatable bonds is 8. The van der Waals surface area contributed by atoms with Crippen LogP contribution in [0.15, 0.2) is 53.4 Å². The Morgan fingerprint density at radius 3 is 2.17 bits per heavy atom. The topological polar surface area (TPSA) is 95.8 Å². The summed E-state index contributed by atoms with van der Waals surface area (Å²) in [5.74, 6) is 0. The van der Waals surface area contributed by atoms with Crippen LogP contribution in [-0.2, 0) is 10.0 Å². The Balaban J connectivity index is 1.78. The molecule has 3 rings (SSSR count). The molecule has 0 radical (unpaired) electrons. The zero-order valence-electron chi connectivity index (χ0n) is 16.6. The van der Waals surface area contributed by atoms with E-state index in [9.17, 15) is 18.5 Å². The highest BCUT2D eigenvalue weighted by molar-refractivity contribution is 7.89. The number of benzene rings is 2. The van der Waals surface area contributed by atoms with E-state index in [1.165, 1.54) is 24.3 Å². The van der Waals surface area contributed by atoms with E-state index in [-0.39, 0.29) is 23.2 Å². The lowest BCUT2D eigenvalue weighted by atomic mass is 10.1. The Kier molecular flexibility index (Phi) is 6.51. The molecule has 156 valence electrons. The van der Waals surface area contributed by atoms with Crippen molar-refractivity contribution in [3.8, 4) is 0 Å². The molecular weight excluding hydrogens is 392 g/mol. The van der Waals surface area contributed by atoms with Gasteiger partial charge in [-0.3, -0.25) is 15.0 Å². The van der Waals surface area contributed by atoms with Crippen molar-refractivity contribution in [3.05, 3.63) is 64.2 Å². The molecule has 0 amide bonds. The van der Waals surface area contributed by atoms with Gasteiger partial charge in [-0.2, -0.15) is 0 Å². The fraction of sp³-hybridized carbons (Fsp3) is 0.400. The molecule has 29 heavy (non-hydrogen) atoms. The molecule has 0 unspecified atom stereocenters. The standard InChI is InChI=1S/C20H26N4O4S/c1-22(2)17-7-5-16(6-8-17)20(23-13-3-4-14-23)15-21-29(27,28)19-11-9-18(10-12-19)24(25)26/h5-12,20-21H,3-4,13-15H2,1-2H3/t20-/m0/s1. The van der Waals surface area contributed by atoms with Crippen LogP contribution in [0, 0.1) is 10.1 Å². The molecule has 1 aliphatic heterocycles. The van der Waals surface area contributed by atoms with Gasteiger partial charge in [0.05, 0.1) is 9.82 Å². The highest BCUT2D eigenvalue weighted by Gasteiger charge is 2.26. The van der Waals surface area contributed by atoms with Crippen molar-refractivity contribution in [3.63, 3.8) is 0 Å². The molecule has 0 bridgehead atoms. The number of hydrogen-bond donors (Lipinski definition) is 1. The van der Waals surface area contributed by atoms with Crippen LogP contribution >= 0.6 is 0 Å². The summed E-state index contributed by atoms with van der Waals surface area (Å²) in [6.07, 6.45) is 2.20. The largest absolute Gasteiger partial charge is 0.378 e. The van der Waals surface area contributed by atoms with Crippen LogP contribution in [0.5, 0.6) is 0 Å².